The van der Waals surface area contributed by atoms with Crippen LogP contribution in [0.15, 0.2) is 12.3 Å². The molecule has 1 fully saturated rings. The van der Waals surface area contributed by atoms with Gasteiger partial charge in [0.25, 0.3) is 5.91 Å². The molecule has 1 amide bonds. The zero-order valence-electron chi connectivity index (χ0n) is 12.0. The summed E-state index contributed by atoms with van der Waals surface area (Å²) in [6, 6.07) is 4.00. The van der Waals surface area contributed by atoms with Crippen molar-refractivity contribution >= 4 is 5.91 Å². The van der Waals surface area contributed by atoms with Crippen molar-refractivity contribution in [1.82, 2.24) is 15.2 Å². The molecule has 20 heavy (non-hydrogen) atoms. The second-order valence-electron chi connectivity index (χ2n) is 5.28. The SMILES string of the molecule is CC[C@@H](CNC(=O)c1cc(C#N)c[nH]1)N1CCCCC1. The number of nitriles is 1. The molecule has 1 atom stereocenters. The van der Waals surface area contributed by atoms with Gasteiger partial charge in [0.05, 0.1) is 5.56 Å². The third kappa shape index (κ3) is 3.61. The molecule has 108 valence electrons. The Morgan fingerprint density at radius 1 is 1.50 bits per heavy atom. The van der Waals surface area contributed by atoms with E-state index in [9.17, 15) is 4.79 Å². The molecule has 0 saturated carbocycles. The second kappa shape index (κ2) is 7.11. The van der Waals surface area contributed by atoms with Crippen LogP contribution in [-0.2, 0) is 0 Å². The van der Waals surface area contributed by atoms with E-state index in [0.717, 1.165) is 19.5 Å². The smallest absolute Gasteiger partial charge is 0.267 e. The van der Waals surface area contributed by atoms with Crippen LogP contribution in [0.3, 0.4) is 0 Å². The molecule has 1 aliphatic rings. The van der Waals surface area contributed by atoms with E-state index in [-0.39, 0.29) is 5.91 Å². The second-order valence-corrected chi connectivity index (χ2v) is 5.28. The number of rotatable bonds is 5. The van der Waals surface area contributed by atoms with E-state index in [4.69, 9.17) is 5.26 Å². The average Bonchev–Trinajstić information content (AvgIpc) is 2.98. The number of aromatic nitrogens is 1. The van der Waals surface area contributed by atoms with Crippen LogP contribution in [-0.4, -0.2) is 41.5 Å². The van der Waals surface area contributed by atoms with Gasteiger partial charge in [-0.3, -0.25) is 9.69 Å². The van der Waals surface area contributed by atoms with Crippen LogP contribution in [0.2, 0.25) is 0 Å². The number of nitrogens with zero attached hydrogens (tertiary/aromatic N) is 2. The molecule has 5 nitrogen and oxygen atoms in total. The maximum absolute atomic E-state index is 12.0. The van der Waals surface area contributed by atoms with Gasteiger partial charge in [0, 0.05) is 18.8 Å². The fraction of sp³-hybridized carbons (Fsp3) is 0.600. The summed E-state index contributed by atoms with van der Waals surface area (Å²) in [4.78, 5) is 17.3. The fourth-order valence-electron chi connectivity index (χ4n) is 2.71. The Balaban J connectivity index is 1.86. The first-order valence-electron chi connectivity index (χ1n) is 7.35. The molecule has 0 unspecified atom stereocenters. The molecule has 1 aliphatic heterocycles. The van der Waals surface area contributed by atoms with Crippen molar-refractivity contribution in [2.75, 3.05) is 19.6 Å². The molecule has 5 heteroatoms. The Bertz CT molecular complexity index is 482. The number of carbonyl (C=O) groups excluding carboxylic acids is 1. The number of H-pyrrole nitrogens is 1. The van der Waals surface area contributed by atoms with Gasteiger partial charge in [-0.1, -0.05) is 13.3 Å². The highest BCUT2D eigenvalue weighted by Gasteiger charge is 2.20. The molecule has 1 aromatic heterocycles. The normalized spacial score (nSPS) is 17.4. The highest BCUT2D eigenvalue weighted by Crippen LogP contribution is 2.13. The first-order valence-corrected chi connectivity index (χ1v) is 7.35. The lowest BCUT2D eigenvalue weighted by molar-refractivity contribution is 0.0918. The molecule has 1 aromatic rings. The van der Waals surface area contributed by atoms with Crippen LogP contribution < -0.4 is 5.32 Å². The summed E-state index contributed by atoms with van der Waals surface area (Å²) >= 11 is 0. The van der Waals surface area contributed by atoms with Gasteiger partial charge in [-0.15, -0.1) is 0 Å². The standard InChI is InChI=1S/C15H22N4O/c1-2-13(19-6-4-3-5-7-19)11-18-15(20)14-8-12(9-16)10-17-14/h8,10,13,17H,2-7,11H2,1H3,(H,18,20)/t13-/m0/s1. The minimum atomic E-state index is -0.137. The number of hydrogen-bond acceptors (Lipinski definition) is 3. The molecular weight excluding hydrogens is 252 g/mol. The van der Waals surface area contributed by atoms with Crippen LogP contribution in [0.1, 0.15) is 48.7 Å². The van der Waals surface area contributed by atoms with Crippen LogP contribution in [0.5, 0.6) is 0 Å². The quantitative estimate of drug-likeness (QED) is 0.861. The van der Waals surface area contributed by atoms with Gasteiger partial charge in [0.2, 0.25) is 0 Å². The predicted octanol–water partition coefficient (Wildman–Crippen LogP) is 1.88. The third-order valence-corrected chi connectivity index (χ3v) is 3.93. The summed E-state index contributed by atoms with van der Waals surface area (Å²) in [5, 5.41) is 11.7. The van der Waals surface area contributed by atoms with Gasteiger partial charge in [-0.2, -0.15) is 5.26 Å². The molecule has 2 heterocycles. The minimum absolute atomic E-state index is 0.137. The fourth-order valence-corrected chi connectivity index (χ4v) is 2.71. The van der Waals surface area contributed by atoms with Crippen LogP contribution >= 0.6 is 0 Å². The highest BCUT2D eigenvalue weighted by atomic mass is 16.1. The van der Waals surface area contributed by atoms with Gasteiger partial charge >= 0.3 is 0 Å². The average molecular weight is 274 g/mol. The van der Waals surface area contributed by atoms with E-state index in [1.54, 1.807) is 12.3 Å². The maximum Gasteiger partial charge on any atom is 0.267 e. The molecule has 0 spiro atoms. The van der Waals surface area contributed by atoms with Gasteiger partial charge in [0.1, 0.15) is 11.8 Å². The number of hydrogen-bond donors (Lipinski definition) is 2. The summed E-state index contributed by atoms with van der Waals surface area (Å²) in [6.07, 6.45) is 6.42. The van der Waals surface area contributed by atoms with Crippen molar-refractivity contribution in [3.05, 3.63) is 23.5 Å². The van der Waals surface area contributed by atoms with Crippen molar-refractivity contribution in [3.63, 3.8) is 0 Å². The monoisotopic (exact) mass is 274 g/mol. The summed E-state index contributed by atoms with van der Waals surface area (Å²) in [5.74, 6) is -0.137. The molecule has 2 N–H and O–H groups in total. The Morgan fingerprint density at radius 3 is 2.85 bits per heavy atom. The van der Waals surface area contributed by atoms with Gasteiger partial charge in [-0.05, 0) is 38.4 Å². The summed E-state index contributed by atoms with van der Waals surface area (Å²) in [6.45, 7) is 5.09. The summed E-state index contributed by atoms with van der Waals surface area (Å²) in [7, 11) is 0. The minimum Gasteiger partial charge on any atom is -0.356 e. The number of aromatic amines is 1. The number of likely N-dealkylation sites (tertiary alicyclic amines) is 1. The van der Waals surface area contributed by atoms with E-state index in [1.807, 2.05) is 6.07 Å². The molecule has 0 aliphatic carbocycles. The zero-order chi connectivity index (χ0) is 14.4. The lowest BCUT2D eigenvalue weighted by Gasteiger charge is -2.34. The molecule has 0 bridgehead atoms. The first kappa shape index (κ1) is 14.6. The van der Waals surface area contributed by atoms with Crippen LogP contribution in [0.4, 0.5) is 0 Å². The van der Waals surface area contributed by atoms with E-state index in [1.165, 1.54) is 19.3 Å². The van der Waals surface area contributed by atoms with Crippen molar-refractivity contribution in [3.8, 4) is 6.07 Å². The topological polar surface area (TPSA) is 71.9 Å². The van der Waals surface area contributed by atoms with Crippen LogP contribution in [0, 0.1) is 11.3 Å². The molecule has 1 saturated heterocycles. The van der Waals surface area contributed by atoms with Crippen molar-refractivity contribution in [2.24, 2.45) is 0 Å². The number of amides is 1. The zero-order valence-corrected chi connectivity index (χ0v) is 12.0. The molecule has 2 rings (SSSR count). The van der Waals surface area contributed by atoms with Gasteiger partial charge < -0.3 is 10.3 Å². The Hall–Kier alpha value is -1.80. The van der Waals surface area contributed by atoms with Crippen molar-refractivity contribution < 1.29 is 4.79 Å². The van der Waals surface area contributed by atoms with Crippen molar-refractivity contribution in [2.45, 2.75) is 38.6 Å². The van der Waals surface area contributed by atoms with Gasteiger partial charge in [-0.25, -0.2) is 0 Å². The predicted molar refractivity (Wildman–Crippen MR) is 77.3 cm³/mol. The highest BCUT2D eigenvalue weighted by molar-refractivity contribution is 5.92. The lowest BCUT2D eigenvalue weighted by Crippen LogP contribution is -2.45. The van der Waals surface area contributed by atoms with E-state index in [0.29, 0.717) is 23.8 Å². The number of nitrogens with one attached hydrogen (secondary N) is 2. The summed E-state index contributed by atoms with van der Waals surface area (Å²) < 4.78 is 0. The van der Waals surface area contributed by atoms with Crippen molar-refractivity contribution in [1.29, 1.82) is 5.26 Å². The maximum atomic E-state index is 12.0. The molecule has 0 aromatic carbocycles. The number of carbonyl (C=O) groups is 1. The van der Waals surface area contributed by atoms with E-state index < -0.39 is 0 Å². The summed E-state index contributed by atoms with van der Waals surface area (Å²) in [5.41, 5.74) is 0.938. The lowest BCUT2D eigenvalue weighted by atomic mass is 10.1. The first-order chi connectivity index (χ1) is 9.74. The van der Waals surface area contributed by atoms with Gasteiger partial charge in [0.15, 0.2) is 0 Å². The Morgan fingerprint density at radius 2 is 2.25 bits per heavy atom. The third-order valence-electron chi connectivity index (χ3n) is 3.93. The Labute approximate surface area is 120 Å². The largest absolute Gasteiger partial charge is 0.356 e. The number of piperidine rings is 1. The van der Waals surface area contributed by atoms with E-state index >= 15 is 0 Å². The van der Waals surface area contributed by atoms with Crippen LogP contribution in [0.25, 0.3) is 0 Å². The Kier molecular flexibility index (Phi) is 5.19. The molecular formula is C15H22N4O. The van der Waals surface area contributed by atoms with E-state index in [2.05, 4.69) is 22.1 Å². The molecule has 0 radical (unpaired) electrons.